The molecule has 1 fully saturated rings. The van der Waals surface area contributed by atoms with Gasteiger partial charge in [-0.25, -0.2) is 0 Å². The van der Waals surface area contributed by atoms with Crippen LogP contribution in [-0.2, 0) is 6.42 Å². The van der Waals surface area contributed by atoms with Crippen LogP contribution in [-0.4, -0.2) is 12.6 Å². The highest BCUT2D eigenvalue weighted by molar-refractivity contribution is 5.85. The average Bonchev–Trinajstić information content (AvgIpc) is 3.11. The van der Waals surface area contributed by atoms with Gasteiger partial charge < -0.3 is 10.5 Å². The zero-order chi connectivity index (χ0) is 14.0. The van der Waals surface area contributed by atoms with E-state index in [1.54, 1.807) is 0 Å². The topological polar surface area (TPSA) is 35.2 Å². The van der Waals surface area contributed by atoms with Crippen LogP contribution in [0.1, 0.15) is 56.2 Å². The Hall–Kier alpha value is -0.730. The molecule has 3 heteroatoms. The second-order valence-electron chi connectivity index (χ2n) is 6.41. The minimum absolute atomic E-state index is 0. The molecule has 0 spiro atoms. The van der Waals surface area contributed by atoms with E-state index in [0.717, 1.165) is 24.7 Å². The molecule has 0 aliphatic heterocycles. The number of nitrogens with two attached hydrogens (primary N) is 1. The molecule has 1 aliphatic rings. The van der Waals surface area contributed by atoms with Crippen LogP contribution < -0.4 is 10.5 Å². The molecular formula is C17H28ClNO. The molecule has 0 saturated heterocycles. The number of rotatable bonds is 6. The Morgan fingerprint density at radius 1 is 1.25 bits per heavy atom. The summed E-state index contributed by atoms with van der Waals surface area (Å²) in [6.07, 6.45) is 3.54. The Kier molecular flexibility index (Phi) is 6.35. The molecular weight excluding hydrogens is 270 g/mol. The average molecular weight is 298 g/mol. The summed E-state index contributed by atoms with van der Waals surface area (Å²) in [7, 11) is 0. The number of benzene rings is 1. The Bertz CT molecular complexity index is 439. The molecule has 0 radical (unpaired) electrons. The van der Waals surface area contributed by atoms with Crippen LogP contribution in [0.2, 0.25) is 0 Å². The summed E-state index contributed by atoms with van der Waals surface area (Å²) in [5.41, 5.74) is 9.98. The van der Waals surface area contributed by atoms with Crippen LogP contribution >= 0.6 is 12.4 Å². The molecule has 1 aromatic carbocycles. The van der Waals surface area contributed by atoms with E-state index in [1.165, 1.54) is 29.5 Å². The fourth-order valence-corrected chi connectivity index (χ4v) is 2.50. The van der Waals surface area contributed by atoms with E-state index < -0.39 is 0 Å². The lowest BCUT2D eigenvalue weighted by Gasteiger charge is -2.18. The zero-order valence-corrected chi connectivity index (χ0v) is 13.9. The van der Waals surface area contributed by atoms with Crippen LogP contribution in [0, 0.1) is 12.8 Å². The standard InChI is InChI=1S/C17H27NO.ClH/c1-11(2)16-9-15(8-13(4)18)17(7-12(16)3)19-10-14-5-6-14;/h7,9,11,13-14H,5-6,8,10,18H2,1-4H3;1H. The largest absolute Gasteiger partial charge is 0.493 e. The molecule has 0 amide bonds. The first kappa shape index (κ1) is 17.3. The van der Waals surface area contributed by atoms with E-state index in [0.29, 0.717) is 5.92 Å². The van der Waals surface area contributed by atoms with Crippen molar-refractivity contribution >= 4 is 12.4 Å². The third kappa shape index (κ3) is 4.68. The SMILES string of the molecule is Cc1cc(OCC2CC2)c(CC(C)N)cc1C(C)C.Cl. The molecule has 0 aromatic heterocycles. The molecule has 2 N–H and O–H groups in total. The molecule has 2 nitrogen and oxygen atoms in total. The summed E-state index contributed by atoms with van der Waals surface area (Å²) in [5, 5.41) is 0. The van der Waals surface area contributed by atoms with Gasteiger partial charge in [-0.15, -0.1) is 12.4 Å². The van der Waals surface area contributed by atoms with Gasteiger partial charge in [0.25, 0.3) is 0 Å². The van der Waals surface area contributed by atoms with Gasteiger partial charge in [0, 0.05) is 6.04 Å². The molecule has 2 rings (SSSR count). The Balaban J connectivity index is 0.00000200. The van der Waals surface area contributed by atoms with Gasteiger partial charge in [-0.1, -0.05) is 19.9 Å². The second-order valence-corrected chi connectivity index (χ2v) is 6.41. The third-order valence-electron chi connectivity index (χ3n) is 3.78. The van der Waals surface area contributed by atoms with Crippen molar-refractivity contribution in [2.24, 2.45) is 11.7 Å². The third-order valence-corrected chi connectivity index (χ3v) is 3.78. The number of hydrogen-bond acceptors (Lipinski definition) is 2. The highest BCUT2D eigenvalue weighted by atomic mass is 35.5. The fourth-order valence-electron chi connectivity index (χ4n) is 2.50. The monoisotopic (exact) mass is 297 g/mol. The van der Waals surface area contributed by atoms with Crippen LogP contribution in [0.3, 0.4) is 0 Å². The van der Waals surface area contributed by atoms with Crippen LogP contribution in [0.15, 0.2) is 12.1 Å². The number of hydrogen-bond donors (Lipinski definition) is 1. The molecule has 1 atom stereocenters. The van der Waals surface area contributed by atoms with Crippen LogP contribution in [0.25, 0.3) is 0 Å². The predicted octanol–water partition coefficient (Wildman–Crippen LogP) is 4.22. The van der Waals surface area contributed by atoms with Crippen molar-refractivity contribution in [2.75, 3.05) is 6.61 Å². The van der Waals surface area contributed by atoms with E-state index in [-0.39, 0.29) is 18.4 Å². The quantitative estimate of drug-likeness (QED) is 0.853. The fraction of sp³-hybridized carbons (Fsp3) is 0.647. The normalized spacial score (nSPS) is 15.9. The van der Waals surface area contributed by atoms with Gasteiger partial charge in [-0.05, 0) is 67.7 Å². The van der Waals surface area contributed by atoms with Gasteiger partial charge in [0.2, 0.25) is 0 Å². The molecule has 0 heterocycles. The molecule has 1 unspecified atom stereocenters. The Morgan fingerprint density at radius 2 is 1.90 bits per heavy atom. The van der Waals surface area contributed by atoms with Crippen molar-refractivity contribution in [3.63, 3.8) is 0 Å². The lowest BCUT2D eigenvalue weighted by molar-refractivity contribution is 0.296. The van der Waals surface area contributed by atoms with Gasteiger partial charge in [0.15, 0.2) is 0 Å². The maximum atomic E-state index is 6.02. The summed E-state index contributed by atoms with van der Waals surface area (Å²) >= 11 is 0. The summed E-state index contributed by atoms with van der Waals surface area (Å²) in [5.74, 6) is 2.38. The number of aryl methyl sites for hydroxylation is 1. The Morgan fingerprint density at radius 3 is 2.40 bits per heavy atom. The highest BCUT2D eigenvalue weighted by Gasteiger charge is 2.22. The van der Waals surface area contributed by atoms with Crippen molar-refractivity contribution in [2.45, 2.75) is 58.9 Å². The minimum atomic E-state index is 0. The van der Waals surface area contributed by atoms with Crippen LogP contribution in [0.5, 0.6) is 5.75 Å². The molecule has 1 aromatic rings. The van der Waals surface area contributed by atoms with Crippen molar-refractivity contribution in [1.82, 2.24) is 0 Å². The molecule has 114 valence electrons. The van der Waals surface area contributed by atoms with Crippen molar-refractivity contribution in [3.8, 4) is 5.75 Å². The predicted molar refractivity (Wildman–Crippen MR) is 88.1 cm³/mol. The summed E-state index contributed by atoms with van der Waals surface area (Å²) < 4.78 is 6.02. The van der Waals surface area contributed by atoms with Crippen molar-refractivity contribution in [3.05, 3.63) is 28.8 Å². The smallest absolute Gasteiger partial charge is 0.122 e. The van der Waals surface area contributed by atoms with Crippen LogP contribution in [0.4, 0.5) is 0 Å². The van der Waals surface area contributed by atoms with Gasteiger partial charge in [-0.2, -0.15) is 0 Å². The molecule has 0 bridgehead atoms. The number of ether oxygens (including phenoxy) is 1. The van der Waals surface area contributed by atoms with Gasteiger partial charge in [0.1, 0.15) is 5.75 Å². The summed E-state index contributed by atoms with van der Waals surface area (Å²) in [6, 6.07) is 4.67. The van der Waals surface area contributed by atoms with Gasteiger partial charge in [0.05, 0.1) is 6.61 Å². The highest BCUT2D eigenvalue weighted by Crippen LogP contribution is 2.33. The second kappa shape index (κ2) is 7.33. The van der Waals surface area contributed by atoms with E-state index in [9.17, 15) is 0 Å². The van der Waals surface area contributed by atoms with E-state index in [2.05, 4.69) is 39.8 Å². The molecule has 1 aliphatic carbocycles. The van der Waals surface area contributed by atoms with E-state index >= 15 is 0 Å². The summed E-state index contributed by atoms with van der Waals surface area (Å²) in [6.45, 7) is 9.58. The lowest BCUT2D eigenvalue weighted by Crippen LogP contribution is -2.19. The van der Waals surface area contributed by atoms with Gasteiger partial charge >= 0.3 is 0 Å². The van der Waals surface area contributed by atoms with Crippen molar-refractivity contribution in [1.29, 1.82) is 0 Å². The number of halogens is 1. The molecule has 1 saturated carbocycles. The van der Waals surface area contributed by atoms with Crippen molar-refractivity contribution < 1.29 is 4.74 Å². The first-order chi connectivity index (χ1) is 8.97. The first-order valence-corrected chi connectivity index (χ1v) is 7.49. The maximum absolute atomic E-state index is 6.02. The first-order valence-electron chi connectivity index (χ1n) is 7.49. The molecule has 20 heavy (non-hydrogen) atoms. The lowest BCUT2D eigenvalue weighted by atomic mass is 9.93. The Labute approximate surface area is 129 Å². The van der Waals surface area contributed by atoms with E-state index in [4.69, 9.17) is 10.5 Å². The minimum Gasteiger partial charge on any atom is -0.493 e. The maximum Gasteiger partial charge on any atom is 0.122 e. The summed E-state index contributed by atoms with van der Waals surface area (Å²) in [4.78, 5) is 0. The van der Waals surface area contributed by atoms with E-state index in [1.807, 2.05) is 0 Å². The van der Waals surface area contributed by atoms with Gasteiger partial charge in [-0.3, -0.25) is 0 Å². The zero-order valence-electron chi connectivity index (χ0n) is 13.1.